The lowest BCUT2D eigenvalue weighted by Gasteiger charge is -2.21. The van der Waals surface area contributed by atoms with Crippen molar-refractivity contribution in [1.29, 1.82) is 0 Å². The molecule has 0 radical (unpaired) electrons. The predicted molar refractivity (Wildman–Crippen MR) is 130 cm³/mol. The fourth-order valence-corrected chi connectivity index (χ4v) is 4.23. The summed E-state index contributed by atoms with van der Waals surface area (Å²) in [6.07, 6.45) is 0. The fourth-order valence-electron chi connectivity index (χ4n) is 3.25. The van der Waals surface area contributed by atoms with Gasteiger partial charge in [-0.15, -0.1) is 11.3 Å². The molecule has 32 heavy (non-hydrogen) atoms. The molecule has 1 aromatic heterocycles. The molecule has 0 saturated heterocycles. The number of likely N-dealkylation sites (N-methyl/N-ethyl adjacent to an activating group) is 1. The summed E-state index contributed by atoms with van der Waals surface area (Å²) in [5.74, 6) is 0.0776. The van der Waals surface area contributed by atoms with Gasteiger partial charge in [0.05, 0.1) is 31.9 Å². The van der Waals surface area contributed by atoms with E-state index in [0.29, 0.717) is 16.5 Å². The second-order valence-corrected chi connectivity index (χ2v) is 8.91. The molecule has 3 aromatic rings. The van der Waals surface area contributed by atoms with Crippen molar-refractivity contribution in [3.05, 3.63) is 81.0 Å². The molecule has 8 heteroatoms. The third kappa shape index (κ3) is 6.56. The number of thiophene rings is 1. The lowest BCUT2D eigenvalue weighted by atomic mass is 10.0. The minimum atomic E-state index is -0.269. The Labute approximate surface area is 197 Å². The molecular formula is C24H26ClN3O3S. The molecular weight excluding hydrogens is 446 g/mol. The van der Waals surface area contributed by atoms with Crippen LogP contribution < -0.4 is 15.4 Å². The zero-order chi connectivity index (χ0) is 23.1. The Hall–Kier alpha value is -2.87. The molecule has 0 aliphatic rings. The lowest BCUT2D eigenvalue weighted by molar-refractivity contribution is -0.123. The second kappa shape index (κ2) is 11.1. The average molecular weight is 472 g/mol. The van der Waals surface area contributed by atoms with Crippen LogP contribution in [0.3, 0.4) is 0 Å². The number of nitrogens with one attached hydrogen (secondary N) is 2. The van der Waals surface area contributed by atoms with Crippen molar-refractivity contribution >= 4 is 40.4 Å². The van der Waals surface area contributed by atoms with Gasteiger partial charge in [-0.1, -0.05) is 47.5 Å². The van der Waals surface area contributed by atoms with Crippen molar-refractivity contribution in [1.82, 2.24) is 10.2 Å². The molecule has 168 valence electrons. The van der Waals surface area contributed by atoms with E-state index >= 15 is 0 Å². The molecule has 0 aliphatic carbocycles. The highest BCUT2D eigenvalue weighted by Crippen LogP contribution is 2.28. The molecule has 0 saturated carbocycles. The molecule has 0 aliphatic heterocycles. The van der Waals surface area contributed by atoms with Crippen LogP contribution in [0.25, 0.3) is 0 Å². The Kier molecular flexibility index (Phi) is 8.27. The van der Waals surface area contributed by atoms with Crippen molar-refractivity contribution in [2.45, 2.75) is 13.0 Å². The minimum absolute atomic E-state index is 0.0390. The third-order valence-electron chi connectivity index (χ3n) is 4.81. The molecule has 6 nitrogen and oxygen atoms in total. The van der Waals surface area contributed by atoms with Crippen molar-refractivity contribution in [2.24, 2.45) is 0 Å². The summed E-state index contributed by atoms with van der Waals surface area (Å²) in [6.45, 7) is 2.15. The van der Waals surface area contributed by atoms with Crippen LogP contribution in [-0.2, 0) is 9.59 Å². The van der Waals surface area contributed by atoms with E-state index in [2.05, 4.69) is 10.6 Å². The van der Waals surface area contributed by atoms with Gasteiger partial charge in [0.25, 0.3) is 0 Å². The molecule has 2 N–H and O–H groups in total. The van der Waals surface area contributed by atoms with Crippen LogP contribution in [0.1, 0.15) is 22.0 Å². The van der Waals surface area contributed by atoms with Crippen LogP contribution in [-0.4, -0.2) is 44.0 Å². The molecule has 0 bridgehead atoms. The largest absolute Gasteiger partial charge is 0.495 e. The van der Waals surface area contributed by atoms with Gasteiger partial charge in [0.1, 0.15) is 5.75 Å². The van der Waals surface area contributed by atoms with Crippen LogP contribution in [0.4, 0.5) is 5.69 Å². The van der Waals surface area contributed by atoms with Gasteiger partial charge >= 0.3 is 0 Å². The topological polar surface area (TPSA) is 70.7 Å². The highest BCUT2D eigenvalue weighted by Gasteiger charge is 2.19. The summed E-state index contributed by atoms with van der Waals surface area (Å²) < 4.78 is 5.25. The summed E-state index contributed by atoms with van der Waals surface area (Å²) >= 11 is 7.60. The first-order valence-corrected chi connectivity index (χ1v) is 11.3. The Morgan fingerprint density at radius 2 is 1.81 bits per heavy atom. The number of amides is 2. The number of benzene rings is 2. The summed E-state index contributed by atoms with van der Waals surface area (Å²) in [5.41, 5.74) is 2.66. The summed E-state index contributed by atoms with van der Waals surface area (Å²) in [7, 11) is 3.24. The molecule has 1 atom stereocenters. The quantitative estimate of drug-likeness (QED) is 0.482. The van der Waals surface area contributed by atoms with Crippen LogP contribution in [0, 0.1) is 6.92 Å². The maximum absolute atomic E-state index is 12.8. The van der Waals surface area contributed by atoms with Crippen LogP contribution in [0.15, 0.2) is 60.0 Å². The first-order valence-electron chi connectivity index (χ1n) is 10.1. The highest BCUT2D eigenvalue weighted by atomic mass is 35.5. The number of carbonyl (C=O) groups is 2. The molecule has 2 amide bonds. The lowest BCUT2D eigenvalue weighted by Crippen LogP contribution is -2.40. The Bertz CT molecular complexity index is 1050. The molecule has 1 unspecified atom stereocenters. The molecule has 0 fully saturated rings. The van der Waals surface area contributed by atoms with E-state index in [1.807, 2.05) is 48.7 Å². The zero-order valence-electron chi connectivity index (χ0n) is 18.2. The van der Waals surface area contributed by atoms with Gasteiger partial charge < -0.3 is 15.4 Å². The normalized spacial score (nSPS) is 11.8. The molecule has 3 rings (SSSR count). The zero-order valence-corrected chi connectivity index (χ0v) is 19.8. The number of nitrogens with zero attached hydrogens (tertiary/aromatic N) is 1. The highest BCUT2D eigenvalue weighted by molar-refractivity contribution is 7.10. The predicted octanol–water partition coefficient (Wildman–Crippen LogP) is 4.49. The fraction of sp³-hybridized carbons (Fsp3) is 0.250. The van der Waals surface area contributed by atoms with Gasteiger partial charge in [-0.2, -0.15) is 0 Å². The first kappa shape index (κ1) is 23.8. The molecule has 1 heterocycles. The summed E-state index contributed by atoms with van der Waals surface area (Å²) in [5, 5.41) is 8.36. The Morgan fingerprint density at radius 1 is 1.09 bits per heavy atom. The Morgan fingerprint density at radius 3 is 2.47 bits per heavy atom. The van der Waals surface area contributed by atoms with Gasteiger partial charge in [-0.05, 0) is 49.2 Å². The Balaban J connectivity index is 1.60. The third-order valence-corrected chi connectivity index (χ3v) is 5.98. The van der Waals surface area contributed by atoms with E-state index in [0.717, 1.165) is 16.0 Å². The van der Waals surface area contributed by atoms with Crippen molar-refractivity contribution < 1.29 is 14.3 Å². The van der Waals surface area contributed by atoms with E-state index in [-0.39, 0.29) is 30.9 Å². The van der Waals surface area contributed by atoms with Gasteiger partial charge in [0, 0.05) is 9.90 Å². The van der Waals surface area contributed by atoms with Crippen LogP contribution in [0.5, 0.6) is 5.75 Å². The summed E-state index contributed by atoms with van der Waals surface area (Å²) in [4.78, 5) is 27.9. The number of methoxy groups -OCH3 is 1. The average Bonchev–Trinajstić information content (AvgIpc) is 3.27. The first-order chi connectivity index (χ1) is 15.4. The van der Waals surface area contributed by atoms with E-state index in [9.17, 15) is 9.59 Å². The van der Waals surface area contributed by atoms with E-state index in [1.54, 1.807) is 41.5 Å². The van der Waals surface area contributed by atoms with Crippen molar-refractivity contribution in [3.63, 3.8) is 0 Å². The number of carbonyl (C=O) groups excluding carboxylic acids is 2. The molecule has 0 spiro atoms. The number of ether oxygens (including phenoxy) is 1. The van der Waals surface area contributed by atoms with Gasteiger partial charge in [0.15, 0.2) is 0 Å². The monoisotopic (exact) mass is 471 g/mol. The number of hydrogen-bond donors (Lipinski definition) is 2. The van der Waals surface area contributed by atoms with Gasteiger partial charge in [0.2, 0.25) is 11.8 Å². The van der Waals surface area contributed by atoms with Gasteiger partial charge in [-0.25, -0.2) is 0 Å². The van der Waals surface area contributed by atoms with Crippen molar-refractivity contribution in [2.75, 3.05) is 32.6 Å². The minimum Gasteiger partial charge on any atom is -0.495 e. The van der Waals surface area contributed by atoms with E-state index < -0.39 is 0 Å². The standard InChI is InChI=1S/C24H26ClN3O3S/c1-16-6-8-17(9-7-16)24(21-5-4-12-32-21)27-23(30)15-28(2)14-22(29)26-19-13-18(25)10-11-20(19)31-3/h4-13,24H,14-15H2,1-3H3,(H,26,29)(H,27,30). The maximum atomic E-state index is 12.8. The number of hydrogen-bond acceptors (Lipinski definition) is 5. The van der Waals surface area contributed by atoms with Crippen LogP contribution in [0.2, 0.25) is 5.02 Å². The van der Waals surface area contributed by atoms with Crippen LogP contribution >= 0.6 is 22.9 Å². The SMILES string of the molecule is COc1ccc(Cl)cc1NC(=O)CN(C)CC(=O)NC(c1ccc(C)cc1)c1cccs1. The van der Waals surface area contributed by atoms with E-state index in [4.69, 9.17) is 16.3 Å². The van der Waals surface area contributed by atoms with Crippen molar-refractivity contribution in [3.8, 4) is 5.75 Å². The van der Waals surface area contributed by atoms with E-state index in [1.165, 1.54) is 7.11 Å². The number of anilines is 1. The maximum Gasteiger partial charge on any atom is 0.238 e. The number of rotatable bonds is 9. The summed E-state index contributed by atoms with van der Waals surface area (Å²) in [6, 6.07) is 16.8. The number of halogens is 1. The van der Waals surface area contributed by atoms with Gasteiger partial charge in [-0.3, -0.25) is 14.5 Å². The molecule has 2 aromatic carbocycles. The second-order valence-electron chi connectivity index (χ2n) is 7.49. The number of aryl methyl sites for hydroxylation is 1. The smallest absolute Gasteiger partial charge is 0.238 e.